The first kappa shape index (κ1) is 20.1. The van der Waals surface area contributed by atoms with E-state index in [0.29, 0.717) is 41.4 Å². The summed E-state index contributed by atoms with van der Waals surface area (Å²) in [4.78, 5) is 13.1. The molecule has 0 saturated heterocycles. The SMILES string of the molecule is COc1ccc(COc2ccc(Cc3ccc4ncc(OC)nc4c3C#N)cn2)cc1. The van der Waals surface area contributed by atoms with Gasteiger partial charge in [0, 0.05) is 18.7 Å². The number of methoxy groups -OCH3 is 2. The molecule has 0 radical (unpaired) electrons. The Labute approximate surface area is 179 Å². The lowest BCUT2D eigenvalue weighted by molar-refractivity contribution is 0.293. The Hall–Kier alpha value is -4.18. The van der Waals surface area contributed by atoms with Gasteiger partial charge in [0.25, 0.3) is 0 Å². The Morgan fingerprint density at radius 3 is 2.32 bits per heavy atom. The summed E-state index contributed by atoms with van der Waals surface area (Å²) >= 11 is 0. The van der Waals surface area contributed by atoms with E-state index in [1.165, 1.54) is 13.3 Å². The highest BCUT2D eigenvalue weighted by atomic mass is 16.5. The van der Waals surface area contributed by atoms with Crippen LogP contribution >= 0.6 is 0 Å². The standard InChI is InChI=1S/C24H20N4O3/c1-29-19-7-3-16(4-8-19)15-31-22-10-5-17(13-27-22)11-18-6-9-21-24(20(18)12-25)28-23(30-2)14-26-21/h3-10,13-14H,11,15H2,1-2H3. The minimum absolute atomic E-state index is 0.376. The fourth-order valence-electron chi connectivity index (χ4n) is 3.17. The second kappa shape index (κ2) is 9.09. The first-order valence-electron chi connectivity index (χ1n) is 9.63. The highest BCUT2D eigenvalue weighted by molar-refractivity contribution is 5.82. The predicted octanol–water partition coefficient (Wildman–Crippen LogP) is 4.08. The first-order chi connectivity index (χ1) is 15.2. The summed E-state index contributed by atoms with van der Waals surface area (Å²) in [5.74, 6) is 1.72. The van der Waals surface area contributed by atoms with Crippen molar-refractivity contribution in [3.63, 3.8) is 0 Å². The highest BCUT2D eigenvalue weighted by Gasteiger charge is 2.12. The minimum Gasteiger partial charge on any atom is -0.497 e. The molecular formula is C24H20N4O3. The number of benzene rings is 2. The Morgan fingerprint density at radius 2 is 1.65 bits per heavy atom. The first-order valence-corrected chi connectivity index (χ1v) is 9.63. The number of nitriles is 1. The summed E-state index contributed by atoms with van der Waals surface area (Å²) in [6.45, 7) is 0.417. The minimum atomic E-state index is 0.376. The van der Waals surface area contributed by atoms with Gasteiger partial charge in [-0.25, -0.2) is 15.0 Å². The zero-order valence-electron chi connectivity index (χ0n) is 17.2. The molecule has 0 unspecified atom stereocenters. The number of pyridine rings is 1. The number of fused-ring (bicyclic) bond motifs is 1. The number of rotatable bonds is 7. The summed E-state index contributed by atoms with van der Waals surface area (Å²) < 4.78 is 16.1. The van der Waals surface area contributed by atoms with E-state index >= 15 is 0 Å². The van der Waals surface area contributed by atoms with Crippen LogP contribution in [0.4, 0.5) is 0 Å². The van der Waals surface area contributed by atoms with Crippen LogP contribution in [0.3, 0.4) is 0 Å². The smallest absolute Gasteiger partial charge is 0.232 e. The van der Waals surface area contributed by atoms with E-state index in [-0.39, 0.29) is 0 Å². The van der Waals surface area contributed by atoms with E-state index in [9.17, 15) is 5.26 Å². The lowest BCUT2D eigenvalue weighted by atomic mass is 10.00. The van der Waals surface area contributed by atoms with Crippen LogP contribution in [0.5, 0.6) is 17.5 Å². The molecule has 0 bridgehead atoms. The lowest BCUT2D eigenvalue weighted by Crippen LogP contribution is -2.00. The maximum atomic E-state index is 9.71. The lowest BCUT2D eigenvalue weighted by Gasteiger charge is -2.09. The van der Waals surface area contributed by atoms with E-state index in [0.717, 1.165) is 22.4 Å². The average molecular weight is 412 g/mol. The quantitative estimate of drug-likeness (QED) is 0.452. The van der Waals surface area contributed by atoms with E-state index in [1.54, 1.807) is 13.3 Å². The Bertz CT molecular complexity index is 1230. The number of hydrogen-bond acceptors (Lipinski definition) is 7. The molecular weight excluding hydrogens is 392 g/mol. The molecule has 2 heterocycles. The molecule has 2 aromatic carbocycles. The van der Waals surface area contributed by atoms with Gasteiger partial charge >= 0.3 is 0 Å². The molecule has 0 atom stereocenters. The summed E-state index contributed by atoms with van der Waals surface area (Å²) in [5.41, 5.74) is 4.52. The zero-order valence-corrected chi connectivity index (χ0v) is 17.2. The summed E-state index contributed by atoms with van der Waals surface area (Å²) in [5, 5.41) is 9.71. The molecule has 7 heteroatoms. The van der Waals surface area contributed by atoms with Crippen molar-refractivity contribution in [1.82, 2.24) is 15.0 Å². The van der Waals surface area contributed by atoms with Gasteiger partial charge in [-0.1, -0.05) is 24.3 Å². The monoisotopic (exact) mass is 412 g/mol. The Balaban J connectivity index is 1.48. The normalized spacial score (nSPS) is 10.5. The van der Waals surface area contributed by atoms with Gasteiger partial charge in [0.15, 0.2) is 0 Å². The second-order valence-electron chi connectivity index (χ2n) is 6.81. The Kier molecular flexibility index (Phi) is 5.90. The molecule has 4 aromatic rings. The predicted molar refractivity (Wildman–Crippen MR) is 115 cm³/mol. The van der Waals surface area contributed by atoms with Crippen molar-refractivity contribution in [2.45, 2.75) is 13.0 Å². The Morgan fingerprint density at radius 1 is 0.839 bits per heavy atom. The highest BCUT2D eigenvalue weighted by Crippen LogP contribution is 2.23. The van der Waals surface area contributed by atoms with Crippen molar-refractivity contribution in [3.05, 3.63) is 83.2 Å². The third-order valence-electron chi connectivity index (χ3n) is 4.84. The molecule has 31 heavy (non-hydrogen) atoms. The van der Waals surface area contributed by atoms with Crippen LogP contribution in [-0.2, 0) is 13.0 Å². The van der Waals surface area contributed by atoms with E-state index in [2.05, 4.69) is 21.0 Å². The molecule has 0 saturated carbocycles. The van der Waals surface area contributed by atoms with E-state index in [4.69, 9.17) is 14.2 Å². The maximum Gasteiger partial charge on any atom is 0.232 e. The fourth-order valence-corrected chi connectivity index (χ4v) is 3.17. The second-order valence-corrected chi connectivity index (χ2v) is 6.81. The molecule has 0 fully saturated rings. The van der Waals surface area contributed by atoms with Gasteiger partial charge in [-0.3, -0.25) is 0 Å². The molecule has 0 aliphatic heterocycles. The van der Waals surface area contributed by atoms with Crippen molar-refractivity contribution in [3.8, 4) is 23.6 Å². The van der Waals surface area contributed by atoms with Gasteiger partial charge in [-0.2, -0.15) is 5.26 Å². The van der Waals surface area contributed by atoms with Crippen molar-refractivity contribution in [2.75, 3.05) is 14.2 Å². The van der Waals surface area contributed by atoms with Crippen molar-refractivity contribution in [2.24, 2.45) is 0 Å². The van der Waals surface area contributed by atoms with Crippen LogP contribution in [0.15, 0.2) is 60.9 Å². The van der Waals surface area contributed by atoms with Crippen molar-refractivity contribution >= 4 is 11.0 Å². The number of ether oxygens (including phenoxy) is 3. The molecule has 0 amide bonds. The van der Waals surface area contributed by atoms with Gasteiger partial charge in [-0.05, 0) is 34.9 Å². The number of aromatic nitrogens is 3. The average Bonchev–Trinajstić information content (AvgIpc) is 2.83. The third-order valence-corrected chi connectivity index (χ3v) is 4.84. The molecule has 7 nitrogen and oxygen atoms in total. The van der Waals surface area contributed by atoms with Crippen LogP contribution in [0, 0.1) is 11.3 Å². The van der Waals surface area contributed by atoms with E-state index in [1.807, 2.05) is 48.5 Å². The molecule has 4 rings (SSSR count). The van der Waals surface area contributed by atoms with Gasteiger partial charge < -0.3 is 14.2 Å². The largest absolute Gasteiger partial charge is 0.497 e. The summed E-state index contributed by atoms with van der Waals surface area (Å²) in [6, 6.07) is 17.5. The topological polar surface area (TPSA) is 90.1 Å². The van der Waals surface area contributed by atoms with Crippen LogP contribution in [-0.4, -0.2) is 29.2 Å². The molecule has 154 valence electrons. The van der Waals surface area contributed by atoms with Gasteiger partial charge in [0.05, 0.1) is 31.5 Å². The maximum absolute atomic E-state index is 9.71. The molecule has 0 spiro atoms. The molecule has 0 aliphatic rings. The van der Waals surface area contributed by atoms with Crippen LogP contribution in [0.2, 0.25) is 0 Å². The van der Waals surface area contributed by atoms with Gasteiger partial charge in [-0.15, -0.1) is 0 Å². The molecule has 0 aliphatic carbocycles. The van der Waals surface area contributed by atoms with Gasteiger partial charge in [0.2, 0.25) is 11.8 Å². The number of nitrogens with zero attached hydrogens (tertiary/aromatic N) is 4. The number of hydrogen-bond donors (Lipinski definition) is 0. The van der Waals surface area contributed by atoms with Crippen LogP contribution in [0.1, 0.15) is 22.3 Å². The van der Waals surface area contributed by atoms with Crippen molar-refractivity contribution in [1.29, 1.82) is 5.26 Å². The zero-order chi connectivity index (χ0) is 21.6. The third kappa shape index (κ3) is 4.54. The van der Waals surface area contributed by atoms with Gasteiger partial charge in [0.1, 0.15) is 23.9 Å². The van der Waals surface area contributed by atoms with Crippen LogP contribution in [0.25, 0.3) is 11.0 Å². The molecule has 0 N–H and O–H groups in total. The molecule has 2 aromatic heterocycles. The summed E-state index contributed by atoms with van der Waals surface area (Å²) in [7, 11) is 3.16. The van der Waals surface area contributed by atoms with Crippen molar-refractivity contribution < 1.29 is 14.2 Å². The fraction of sp³-hybridized carbons (Fsp3) is 0.167. The summed E-state index contributed by atoms with van der Waals surface area (Å²) in [6.07, 6.45) is 3.84. The van der Waals surface area contributed by atoms with Crippen LogP contribution < -0.4 is 14.2 Å². The van der Waals surface area contributed by atoms with E-state index < -0.39 is 0 Å².